The van der Waals surface area contributed by atoms with Crippen molar-refractivity contribution in [1.82, 2.24) is 0 Å². The Morgan fingerprint density at radius 3 is 2.54 bits per heavy atom. The van der Waals surface area contributed by atoms with E-state index in [9.17, 15) is 13.2 Å². The topological polar surface area (TPSA) is 20.2 Å². The first-order valence-electron chi connectivity index (χ1n) is 3.45. The van der Waals surface area contributed by atoms with Crippen molar-refractivity contribution in [3.63, 3.8) is 0 Å². The first kappa shape index (κ1) is 10.5. The standard InChI is InChI=1S/C8H6BrF3O/c9-7-5(11)2-1-4(8(7)12)6(13)3-10/h1-2,6,13H,3H2. The highest BCUT2D eigenvalue weighted by molar-refractivity contribution is 9.10. The number of halogens is 4. The second kappa shape index (κ2) is 4.11. The van der Waals surface area contributed by atoms with Crippen LogP contribution in [0.5, 0.6) is 0 Å². The summed E-state index contributed by atoms with van der Waals surface area (Å²) >= 11 is 2.64. The molecule has 0 saturated heterocycles. The molecule has 72 valence electrons. The summed E-state index contributed by atoms with van der Waals surface area (Å²) in [5.74, 6) is -1.75. The minimum Gasteiger partial charge on any atom is -0.386 e. The van der Waals surface area contributed by atoms with Gasteiger partial charge in [-0.05, 0) is 22.0 Å². The van der Waals surface area contributed by atoms with Crippen molar-refractivity contribution in [3.05, 3.63) is 33.8 Å². The summed E-state index contributed by atoms with van der Waals surface area (Å²) < 4.78 is 37.3. The second-order valence-electron chi connectivity index (χ2n) is 2.43. The molecule has 0 amide bonds. The number of aliphatic hydroxyl groups is 1. The van der Waals surface area contributed by atoms with Gasteiger partial charge in [0, 0.05) is 5.56 Å². The molecule has 1 rings (SSSR count). The first-order valence-corrected chi connectivity index (χ1v) is 4.24. The quantitative estimate of drug-likeness (QED) is 0.805. The lowest BCUT2D eigenvalue weighted by molar-refractivity contribution is 0.137. The first-order chi connectivity index (χ1) is 6.07. The smallest absolute Gasteiger partial charge is 0.146 e. The van der Waals surface area contributed by atoms with Crippen LogP contribution in [0.4, 0.5) is 13.2 Å². The van der Waals surface area contributed by atoms with Gasteiger partial charge in [-0.15, -0.1) is 0 Å². The van der Waals surface area contributed by atoms with Crippen molar-refractivity contribution < 1.29 is 18.3 Å². The van der Waals surface area contributed by atoms with E-state index in [0.717, 1.165) is 12.1 Å². The number of benzene rings is 1. The van der Waals surface area contributed by atoms with Gasteiger partial charge in [0.05, 0.1) is 4.47 Å². The Kier molecular flexibility index (Phi) is 3.33. The normalized spacial score (nSPS) is 13.0. The maximum Gasteiger partial charge on any atom is 0.146 e. The predicted molar refractivity (Wildman–Crippen MR) is 45.0 cm³/mol. The van der Waals surface area contributed by atoms with Crippen molar-refractivity contribution in [2.45, 2.75) is 6.10 Å². The van der Waals surface area contributed by atoms with Crippen LogP contribution in [0, 0.1) is 11.6 Å². The summed E-state index contributed by atoms with van der Waals surface area (Å²) in [5, 5.41) is 8.97. The Hall–Kier alpha value is -0.550. The Morgan fingerprint density at radius 2 is 2.00 bits per heavy atom. The Morgan fingerprint density at radius 1 is 1.38 bits per heavy atom. The van der Waals surface area contributed by atoms with Crippen LogP contribution in [-0.2, 0) is 0 Å². The molecule has 0 fully saturated rings. The zero-order valence-electron chi connectivity index (χ0n) is 6.40. The third-order valence-corrected chi connectivity index (χ3v) is 2.30. The fourth-order valence-electron chi connectivity index (χ4n) is 0.881. The van der Waals surface area contributed by atoms with Crippen molar-refractivity contribution in [1.29, 1.82) is 0 Å². The molecule has 0 aliphatic carbocycles. The molecular weight excluding hydrogens is 249 g/mol. The number of rotatable bonds is 2. The van der Waals surface area contributed by atoms with Crippen molar-refractivity contribution in [3.8, 4) is 0 Å². The molecule has 1 atom stereocenters. The van der Waals surface area contributed by atoms with E-state index in [4.69, 9.17) is 5.11 Å². The van der Waals surface area contributed by atoms with Crippen molar-refractivity contribution in [2.24, 2.45) is 0 Å². The Bertz CT molecular complexity index is 317. The van der Waals surface area contributed by atoms with E-state index in [1.807, 2.05) is 0 Å². The summed E-state index contributed by atoms with van der Waals surface area (Å²) in [6.07, 6.45) is -1.54. The van der Waals surface area contributed by atoms with Gasteiger partial charge in [0.2, 0.25) is 0 Å². The molecule has 0 aromatic heterocycles. The molecule has 0 bridgehead atoms. The molecule has 13 heavy (non-hydrogen) atoms. The summed E-state index contributed by atoms with van der Waals surface area (Å²) in [6.45, 7) is -1.10. The third kappa shape index (κ3) is 2.03. The minimum absolute atomic E-state index is 0.254. The van der Waals surface area contributed by atoms with Gasteiger partial charge in [0.1, 0.15) is 24.4 Å². The average Bonchev–Trinajstić information content (AvgIpc) is 2.13. The molecule has 1 nitrogen and oxygen atoms in total. The van der Waals surface area contributed by atoms with Gasteiger partial charge in [-0.3, -0.25) is 0 Å². The van der Waals surface area contributed by atoms with Crippen LogP contribution in [0.25, 0.3) is 0 Å². The van der Waals surface area contributed by atoms with Gasteiger partial charge in [-0.2, -0.15) is 0 Å². The molecule has 0 aliphatic heterocycles. The fraction of sp³-hybridized carbons (Fsp3) is 0.250. The molecule has 0 radical (unpaired) electrons. The molecule has 1 N–H and O–H groups in total. The lowest BCUT2D eigenvalue weighted by Crippen LogP contribution is -2.03. The van der Waals surface area contributed by atoms with Gasteiger partial charge >= 0.3 is 0 Å². The molecule has 1 aromatic carbocycles. The van der Waals surface area contributed by atoms with Crippen LogP contribution in [0.3, 0.4) is 0 Å². The Labute approximate surface area is 81.3 Å². The molecule has 0 heterocycles. The third-order valence-electron chi connectivity index (χ3n) is 1.57. The summed E-state index contributed by atoms with van der Waals surface area (Å²) in [7, 11) is 0. The van der Waals surface area contributed by atoms with E-state index >= 15 is 0 Å². The number of alkyl halides is 1. The minimum atomic E-state index is -1.54. The predicted octanol–water partition coefficient (Wildman–Crippen LogP) is 2.73. The van der Waals surface area contributed by atoms with Crippen LogP contribution in [-0.4, -0.2) is 11.8 Å². The molecule has 0 aliphatic rings. The maximum absolute atomic E-state index is 13.1. The van der Waals surface area contributed by atoms with E-state index in [-0.39, 0.29) is 5.56 Å². The fourth-order valence-corrected chi connectivity index (χ4v) is 1.24. The highest BCUT2D eigenvalue weighted by Crippen LogP contribution is 2.26. The van der Waals surface area contributed by atoms with Crippen LogP contribution in [0.2, 0.25) is 0 Å². The molecular formula is C8H6BrF3O. The second-order valence-corrected chi connectivity index (χ2v) is 3.23. The largest absolute Gasteiger partial charge is 0.386 e. The summed E-state index contributed by atoms with van der Waals surface area (Å²) in [6, 6.07) is 1.97. The van der Waals surface area contributed by atoms with Crippen molar-refractivity contribution in [2.75, 3.05) is 6.67 Å². The zero-order valence-corrected chi connectivity index (χ0v) is 7.98. The van der Waals surface area contributed by atoms with Crippen LogP contribution in [0.15, 0.2) is 16.6 Å². The molecule has 1 unspecified atom stereocenters. The van der Waals surface area contributed by atoms with E-state index in [1.54, 1.807) is 0 Å². The van der Waals surface area contributed by atoms with Gasteiger partial charge in [-0.25, -0.2) is 13.2 Å². The Balaban J connectivity index is 3.18. The molecule has 5 heteroatoms. The van der Waals surface area contributed by atoms with E-state index in [2.05, 4.69) is 15.9 Å². The molecule has 0 spiro atoms. The number of hydrogen-bond donors (Lipinski definition) is 1. The van der Waals surface area contributed by atoms with Gasteiger partial charge in [-0.1, -0.05) is 6.07 Å². The average molecular weight is 255 g/mol. The van der Waals surface area contributed by atoms with Crippen LogP contribution >= 0.6 is 15.9 Å². The van der Waals surface area contributed by atoms with Gasteiger partial charge < -0.3 is 5.11 Å². The monoisotopic (exact) mass is 254 g/mol. The van der Waals surface area contributed by atoms with Gasteiger partial charge in [0.25, 0.3) is 0 Å². The lowest BCUT2D eigenvalue weighted by Gasteiger charge is -2.08. The van der Waals surface area contributed by atoms with Crippen LogP contribution in [0.1, 0.15) is 11.7 Å². The van der Waals surface area contributed by atoms with E-state index in [0.29, 0.717) is 0 Å². The zero-order chi connectivity index (χ0) is 10.0. The number of hydrogen-bond acceptors (Lipinski definition) is 1. The SMILES string of the molecule is OC(CF)c1ccc(F)c(Br)c1F. The molecule has 1 aromatic rings. The molecule has 0 saturated carbocycles. The lowest BCUT2D eigenvalue weighted by atomic mass is 10.1. The highest BCUT2D eigenvalue weighted by atomic mass is 79.9. The number of aliphatic hydroxyl groups excluding tert-OH is 1. The maximum atomic E-state index is 13.1. The summed E-state index contributed by atoms with van der Waals surface area (Å²) in [5.41, 5.74) is -0.254. The van der Waals surface area contributed by atoms with E-state index in [1.165, 1.54) is 0 Å². The summed E-state index contributed by atoms with van der Waals surface area (Å²) in [4.78, 5) is 0. The van der Waals surface area contributed by atoms with Crippen molar-refractivity contribution >= 4 is 15.9 Å². The van der Waals surface area contributed by atoms with E-state index < -0.39 is 28.9 Å². The van der Waals surface area contributed by atoms with Gasteiger partial charge in [0.15, 0.2) is 0 Å². The highest BCUT2D eigenvalue weighted by Gasteiger charge is 2.17. The van der Waals surface area contributed by atoms with Crippen LogP contribution < -0.4 is 0 Å².